The molecule has 0 aromatic heterocycles. The molecule has 2 aliphatic heterocycles. The number of hydrogen-bond acceptors (Lipinski definition) is 3. The molecule has 0 aliphatic carbocycles. The van der Waals surface area contributed by atoms with Gasteiger partial charge in [-0.3, -0.25) is 4.90 Å². The van der Waals surface area contributed by atoms with Crippen molar-refractivity contribution in [1.82, 2.24) is 9.80 Å². The molecule has 2 aliphatic rings. The molecule has 0 radical (unpaired) electrons. The SMILES string of the molecule is CN1CCCN2C(CN)CCC2C1. The van der Waals surface area contributed by atoms with Gasteiger partial charge in [0.25, 0.3) is 0 Å². The Bertz CT molecular complexity index is 172. The molecule has 3 heteroatoms. The van der Waals surface area contributed by atoms with E-state index in [1.165, 1.54) is 38.9 Å². The fourth-order valence-electron chi connectivity index (χ4n) is 2.80. The predicted octanol–water partition coefficient (Wildman–Crippen LogP) is 0.114. The van der Waals surface area contributed by atoms with Crippen LogP contribution in [-0.2, 0) is 0 Å². The van der Waals surface area contributed by atoms with Crippen molar-refractivity contribution in [2.45, 2.75) is 31.3 Å². The van der Waals surface area contributed by atoms with E-state index < -0.39 is 0 Å². The fourth-order valence-corrected chi connectivity index (χ4v) is 2.80. The Morgan fingerprint density at radius 1 is 1.31 bits per heavy atom. The molecule has 2 heterocycles. The number of likely N-dealkylation sites (N-methyl/N-ethyl adjacent to an activating group) is 1. The third-order valence-electron chi connectivity index (χ3n) is 3.52. The largest absolute Gasteiger partial charge is 0.329 e. The molecule has 76 valence electrons. The Kier molecular flexibility index (Phi) is 2.86. The van der Waals surface area contributed by atoms with E-state index in [0.717, 1.165) is 12.6 Å². The molecule has 0 aromatic carbocycles. The molecular formula is C10H21N3. The Morgan fingerprint density at radius 3 is 2.92 bits per heavy atom. The fraction of sp³-hybridized carbons (Fsp3) is 1.00. The zero-order valence-corrected chi connectivity index (χ0v) is 8.58. The van der Waals surface area contributed by atoms with Crippen LogP contribution in [0.5, 0.6) is 0 Å². The summed E-state index contributed by atoms with van der Waals surface area (Å²) in [6.07, 6.45) is 3.98. The van der Waals surface area contributed by atoms with E-state index in [2.05, 4.69) is 16.8 Å². The first-order valence-corrected chi connectivity index (χ1v) is 5.45. The minimum Gasteiger partial charge on any atom is -0.329 e. The molecule has 3 nitrogen and oxygen atoms in total. The Morgan fingerprint density at radius 2 is 2.15 bits per heavy atom. The maximum Gasteiger partial charge on any atom is 0.0227 e. The van der Waals surface area contributed by atoms with Gasteiger partial charge in [-0.05, 0) is 32.9 Å². The Balaban J connectivity index is 2.00. The molecule has 0 aromatic rings. The van der Waals surface area contributed by atoms with E-state index >= 15 is 0 Å². The van der Waals surface area contributed by atoms with Crippen LogP contribution in [-0.4, -0.2) is 55.1 Å². The molecule has 2 rings (SSSR count). The van der Waals surface area contributed by atoms with Crippen molar-refractivity contribution >= 4 is 0 Å². The maximum atomic E-state index is 5.77. The van der Waals surface area contributed by atoms with Crippen molar-refractivity contribution < 1.29 is 0 Å². The summed E-state index contributed by atoms with van der Waals surface area (Å²) in [4.78, 5) is 5.10. The summed E-state index contributed by atoms with van der Waals surface area (Å²) >= 11 is 0. The van der Waals surface area contributed by atoms with Crippen LogP contribution in [0.2, 0.25) is 0 Å². The second-order valence-corrected chi connectivity index (χ2v) is 4.47. The van der Waals surface area contributed by atoms with Gasteiger partial charge in [-0.2, -0.15) is 0 Å². The Hall–Kier alpha value is -0.120. The molecule has 2 N–H and O–H groups in total. The van der Waals surface area contributed by atoms with Gasteiger partial charge in [-0.1, -0.05) is 0 Å². The van der Waals surface area contributed by atoms with E-state index in [-0.39, 0.29) is 0 Å². The summed E-state index contributed by atoms with van der Waals surface area (Å²) < 4.78 is 0. The number of nitrogens with two attached hydrogens (primary N) is 1. The number of hydrogen-bond donors (Lipinski definition) is 1. The summed E-state index contributed by atoms with van der Waals surface area (Å²) in [6, 6.07) is 1.47. The standard InChI is InChI=1S/C10H21N3/c1-12-5-2-6-13-9(7-11)3-4-10(13)8-12/h9-10H,2-8,11H2,1H3. The van der Waals surface area contributed by atoms with Crippen molar-refractivity contribution in [2.24, 2.45) is 5.73 Å². The topological polar surface area (TPSA) is 32.5 Å². The highest BCUT2D eigenvalue weighted by atomic mass is 15.3. The van der Waals surface area contributed by atoms with Crippen molar-refractivity contribution in [3.8, 4) is 0 Å². The highest BCUT2D eigenvalue weighted by Gasteiger charge is 2.33. The normalized spacial score (nSPS) is 37.4. The van der Waals surface area contributed by atoms with Crippen molar-refractivity contribution in [1.29, 1.82) is 0 Å². The van der Waals surface area contributed by atoms with Gasteiger partial charge < -0.3 is 10.6 Å². The second kappa shape index (κ2) is 3.95. The first kappa shape index (κ1) is 9.44. The lowest BCUT2D eigenvalue weighted by Gasteiger charge is -2.27. The summed E-state index contributed by atoms with van der Waals surface area (Å²) in [5.41, 5.74) is 5.77. The van der Waals surface area contributed by atoms with Crippen LogP contribution in [0.1, 0.15) is 19.3 Å². The summed E-state index contributed by atoms with van der Waals surface area (Å²) in [7, 11) is 2.24. The monoisotopic (exact) mass is 183 g/mol. The van der Waals surface area contributed by atoms with Gasteiger partial charge in [0.1, 0.15) is 0 Å². The number of fused-ring (bicyclic) bond motifs is 1. The van der Waals surface area contributed by atoms with Crippen molar-refractivity contribution in [3.05, 3.63) is 0 Å². The highest BCUT2D eigenvalue weighted by molar-refractivity contribution is 4.91. The molecule has 13 heavy (non-hydrogen) atoms. The smallest absolute Gasteiger partial charge is 0.0227 e. The van der Waals surface area contributed by atoms with Crippen molar-refractivity contribution in [3.63, 3.8) is 0 Å². The van der Waals surface area contributed by atoms with E-state index in [9.17, 15) is 0 Å². The molecular weight excluding hydrogens is 162 g/mol. The van der Waals surface area contributed by atoms with Crippen molar-refractivity contribution in [2.75, 3.05) is 33.2 Å². The zero-order valence-electron chi connectivity index (χ0n) is 8.58. The third-order valence-corrected chi connectivity index (χ3v) is 3.52. The minimum atomic E-state index is 0.677. The number of nitrogens with zero attached hydrogens (tertiary/aromatic N) is 2. The maximum absolute atomic E-state index is 5.77. The molecule has 0 amide bonds. The summed E-state index contributed by atoms with van der Waals surface area (Å²) in [5.74, 6) is 0. The van der Waals surface area contributed by atoms with Gasteiger partial charge in [0, 0.05) is 31.7 Å². The van der Waals surface area contributed by atoms with Crippen LogP contribution in [0.15, 0.2) is 0 Å². The third kappa shape index (κ3) is 1.87. The Labute approximate surface area is 80.9 Å². The zero-order chi connectivity index (χ0) is 9.26. The number of rotatable bonds is 1. The van der Waals surface area contributed by atoms with Crippen LogP contribution < -0.4 is 5.73 Å². The van der Waals surface area contributed by atoms with E-state index in [1.54, 1.807) is 0 Å². The molecule has 2 saturated heterocycles. The molecule has 2 unspecified atom stereocenters. The average Bonchev–Trinajstić information content (AvgIpc) is 2.39. The first-order chi connectivity index (χ1) is 6.31. The van der Waals surface area contributed by atoms with Crippen LogP contribution in [0.25, 0.3) is 0 Å². The van der Waals surface area contributed by atoms with E-state index in [0.29, 0.717) is 6.04 Å². The van der Waals surface area contributed by atoms with Gasteiger partial charge in [0.05, 0.1) is 0 Å². The lowest BCUT2D eigenvalue weighted by molar-refractivity contribution is 0.194. The molecule has 2 fully saturated rings. The quantitative estimate of drug-likeness (QED) is 0.626. The average molecular weight is 183 g/mol. The predicted molar refractivity (Wildman–Crippen MR) is 54.7 cm³/mol. The summed E-state index contributed by atoms with van der Waals surface area (Å²) in [5, 5.41) is 0. The minimum absolute atomic E-state index is 0.677. The first-order valence-electron chi connectivity index (χ1n) is 5.45. The van der Waals surface area contributed by atoms with Crippen LogP contribution in [0.3, 0.4) is 0 Å². The van der Waals surface area contributed by atoms with E-state index in [1.807, 2.05) is 0 Å². The van der Waals surface area contributed by atoms with Crippen LogP contribution >= 0.6 is 0 Å². The van der Waals surface area contributed by atoms with E-state index in [4.69, 9.17) is 5.73 Å². The van der Waals surface area contributed by atoms with Crippen LogP contribution in [0.4, 0.5) is 0 Å². The van der Waals surface area contributed by atoms with Crippen LogP contribution in [0, 0.1) is 0 Å². The van der Waals surface area contributed by atoms with Gasteiger partial charge in [0.2, 0.25) is 0 Å². The van der Waals surface area contributed by atoms with Gasteiger partial charge >= 0.3 is 0 Å². The lowest BCUT2D eigenvalue weighted by Crippen LogP contribution is -2.42. The molecule has 2 atom stereocenters. The molecule has 0 bridgehead atoms. The summed E-state index contributed by atoms with van der Waals surface area (Å²) in [6.45, 7) is 4.61. The van der Waals surface area contributed by atoms with Gasteiger partial charge in [0.15, 0.2) is 0 Å². The van der Waals surface area contributed by atoms with Gasteiger partial charge in [-0.25, -0.2) is 0 Å². The molecule has 0 spiro atoms. The molecule has 0 saturated carbocycles. The highest BCUT2D eigenvalue weighted by Crippen LogP contribution is 2.25. The lowest BCUT2D eigenvalue weighted by atomic mass is 10.2. The second-order valence-electron chi connectivity index (χ2n) is 4.47. The van der Waals surface area contributed by atoms with Gasteiger partial charge in [-0.15, -0.1) is 0 Å².